The van der Waals surface area contributed by atoms with Crippen molar-refractivity contribution in [3.8, 4) is 0 Å². The minimum absolute atomic E-state index is 0.0588. The third-order valence-electron chi connectivity index (χ3n) is 5.12. The van der Waals surface area contributed by atoms with E-state index in [0.29, 0.717) is 13.2 Å². The van der Waals surface area contributed by atoms with E-state index in [-0.39, 0.29) is 16.9 Å². The quantitative estimate of drug-likeness (QED) is 0.653. The first-order valence-corrected chi connectivity index (χ1v) is 10.0. The van der Waals surface area contributed by atoms with Crippen molar-refractivity contribution in [1.29, 1.82) is 0 Å². The van der Waals surface area contributed by atoms with Crippen LogP contribution in [-0.2, 0) is 18.4 Å². The molecule has 1 heterocycles. The Balaban J connectivity index is 1.97. The molecule has 0 aromatic rings. The van der Waals surface area contributed by atoms with E-state index in [2.05, 4.69) is 13.8 Å². The molecule has 1 aliphatic heterocycles. The molecular formula is C16H29O4P. The van der Waals surface area contributed by atoms with E-state index in [1.165, 1.54) is 6.42 Å². The molecule has 0 aromatic heterocycles. The normalized spacial score (nSPS) is 34.8. The summed E-state index contributed by atoms with van der Waals surface area (Å²) in [6.45, 7) is 5.07. The lowest BCUT2D eigenvalue weighted by atomic mass is 9.82. The summed E-state index contributed by atoms with van der Waals surface area (Å²) in [5, 5.41) is 0. The topological polar surface area (TPSA) is 52.6 Å². The predicted molar refractivity (Wildman–Crippen MR) is 83.3 cm³/mol. The zero-order valence-electron chi connectivity index (χ0n) is 13.4. The Morgan fingerprint density at radius 2 is 1.76 bits per heavy atom. The second-order valence-electron chi connectivity index (χ2n) is 6.67. The van der Waals surface area contributed by atoms with Crippen molar-refractivity contribution in [3.63, 3.8) is 0 Å². The molecule has 0 N–H and O–H groups in total. The molecule has 0 atom stereocenters. The number of carbonyl (C=O) groups excluding carboxylic acids is 1. The highest BCUT2D eigenvalue weighted by Gasteiger charge is 2.47. The molecule has 5 heteroatoms. The van der Waals surface area contributed by atoms with Gasteiger partial charge in [-0.05, 0) is 25.7 Å². The summed E-state index contributed by atoms with van der Waals surface area (Å²) in [7, 11) is -3.54. The summed E-state index contributed by atoms with van der Waals surface area (Å²) in [4.78, 5) is 12.5. The Hall–Kier alpha value is -0.180. The molecular weight excluding hydrogens is 287 g/mol. The zero-order chi connectivity index (χ0) is 15.3. The van der Waals surface area contributed by atoms with E-state index in [9.17, 15) is 9.36 Å². The Labute approximate surface area is 128 Å². The zero-order valence-corrected chi connectivity index (χ0v) is 14.3. The Morgan fingerprint density at radius 3 is 2.29 bits per heavy atom. The van der Waals surface area contributed by atoms with Crippen molar-refractivity contribution in [2.24, 2.45) is 11.3 Å². The van der Waals surface area contributed by atoms with Gasteiger partial charge in [0.05, 0.1) is 13.2 Å². The third kappa shape index (κ3) is 3.97. The highest BCUT2D eigenvalue weighted by atomic mass is 31.2. The van der Waals surface area contributed by atoms with Gasteiger partial charge in [0, 0.05) is 11.3 Å². The lowest BCUT2D eigenvalue weighted by Gasteiger charge is -2.39. The van der Waals surface area contributed by atoms with E-state index in [1.54, 1.807) is 0 Å². The van der Waals surface area contributed by atoms with E-state index < -0.39 is 7.60 Å². The summed E-state index contributed by atoms with van der Waals surface area (Å²) in [5.74, 6) is -0.116. The third-order valence-corrected chi connectivity index (χ3v) is 6.96. The molecule has 1 saturated heterocycles. The molecule has 2 aliphatic rings. The van der Waals surface area contributed by atoms with Gasteiger partial charge in [0.15, 0.2) is 0 Å². The van der Waals surface area contributed by atoms with Gasteiger partial charge in [0.2, 0.25) is 5.52 Å². The van der Waals surface area contributed by atoms with E-state index >= 15 is 0 Å². The fourth-order valence-corrected chi connectivity index (χ4v) is 5.22. The Bertz CT molecular complexity index is 389. The number of rotatable bonds is 6. The molecule has 4 nitrogen and oxygen atoms in total. The molecule has 0 unspecified atom stereocenters. The molecule has 21 heavy (non-hydrogen) atoms. The molecule has 0 aromatic carbocycles. The highest BCUT2D eigenvalue weighted by Crippen LogP contribution is 2.58. The van der Waals surface area contributed by atoms with Crippen molar-refractivity contribution in [1.82, 2.24) is 0 Å². The van der Waals surface area contributed by atoms with E-state index in [1.807, 2.05) is 0 Å². The lowest BCUT2D eigenvalue weighted by molar-refractivity contribution is -0.120. The van der Waals surface area contributed by atoms with Crippen molar-refractivity contribution < 1.29 is 18.4 Å². The molecule has 0 amide bonds. The second kappa shape index (κ2) is 7.39. The van der Waals surface area contributed by atoms with Gasteiger partial charge in [0.25, 0.3) is 0 Å². The van der Waals surface area contributed by atoms with Crippen molar-refractivity contribution in [2.45, 2.75) is 71.6 Å². The monoisotopic (exact) mass is 316 g/mol. The van der Waals surface area contributed by atoms with Gasteiger partial charge in [-0.2, -0.15) is 0 Å². The van der Waals surface area contributed by atoms with Crippen LogP contribution >= 0.6 is 7.60 Å². The van der Waals surface area contributed by atoms with Gasteiger partial charge >= 0.3 is 7.60 Å². The standard InChI is InChI=1S/C16H29O4P/c1-3-5-11-16(4-2)12-19-21(18,20-13-16)15(17)14-9-7-6-8-10-14/h14H,3-13H2,1-2H3. The largest absolute Gasteiger partial charge is 0.397 e. The van der Waals surface area contributed by atoms with Gasteiger partial charge in [0.1, 0.15) is 0 Å². The Morgan fingerprint density at radius 1 is 1.14 bits per heavy atom. The van der Waals surface area contributed by atoms with Gasteiger partial charge < -0.3 is 9.05 Å². The predicted octanol–water partition coefficient (Wildman–Crippen LogP) is 4.92. The number of carbonyl (C=O) groups is 1. The van der Waals surface area contributed by atoms with Gasteiger partial charge in [-0.15, -0.1) is 0 Å². The number of unbranched alkanes of at least 4 members (excludes halogenated alkanes) is 1. The molecule has 0 spiro atoms. The van der Waals surface area contributed by atoms with Crippen LogP contribution in [0.4, 0.5) is 0 Å². The maximum Gasteiger partial charge on any atom is 0.397 e. The number of hydrogen-bond donors (Lipinski definition) is 0. The maximum atomic E-state index is 12.7. The summed E-state index contributed by atoms with van der Waals surface area (Å²) in [5.41, 5.74) is -0.320. The van der Waals surface area contributed by atoms with Crippen LogP contribution in [0.1, 0.15) is 71.6 Å². The Kier molecular flexibility index (Phi) is 6.05. The van der Waals surface area contributed by atoms with Crippen molar-refractivity contribution >= 4 is 13.1 Å². The molecule has 0 radical (unpaired) electrons. The summed E-state index contributed by atoms with van der Waals surface area (Å²) < 4.78 is 23.9. The van der Waals surface area contributed by atoms with Crippen LogP contribution < -0.4 is 0 Å². The van der Waals surface area contributed by atoms with Crippen LogP contribution in [0.15, 0.2) is 0 Å². The first kappa shape index (κ1) is 17.2. The van der Waals surface area contributed by atoms with Gasteiger partial charge in [-0.1, -0.05) is 46.0 Å². The van der Waals surface area contributed by atoms with Crippen LogP contribution in [0, 0.1) is 11.3 Å². The molecule has 2 rings (SSSR count). The summed E-state index contributed by atoms with van der Waals surface area (Å²) >= 11 is 0. The fourth-order valence-electron chi connectivity index (χ4n) is 3.30. The van der Waals surface area contributed by atoms with E-state index in [4.69, 9.17) is 9.05 Å². The molecule has 122 valence electrons. The van der Waals surface area contributed by atoms with Gasteiger partial charge in [-0.25, -0.2) is 0 Å². The second-order valence-corrected chi connectivity index (χ2v) is 8.63. The van der Waals surface area contributed by atoms with Crippen molar-refractivity contribution in [2.75, 3.05) is 13.2 Å². The maximum absolute atomic E-state index is 12.7. The molecule has 2 fully saturated rings. The van der Waals surface area contributed by atoms with Gasteiger partial charge in [-0.3, -0.25) is 9.36 Å². The highest BCUT2D eigenvalue weighted by molar-refractivity contribution is 7.71. The van der Waals surface area contributed by atoms with Crippen molar-refractivity contribution in [3.05, 3.63) is 0 Å². The first-order valence-electron chi connectivity index (χ1n) is 8.49. The smallest absolute Gasteiger partial charge is 0.303 e. The fraction of sp³-hybridized carbons (Fsp3) is 0.938. The number of hydrogen-bond acceptors (Lipinski definition) is 4. The first-order chi connectivity index (χ1) is 10.1. The SMILES string of the molecule is CCCCC1(CC)COP(=O)(C(=O)C2CCCCC2)OC1. The lowest BCUT2D eigenvalue weighted by Crippen LogP contribution is -2.37. The van der Waals surface area contributed by atoms with Crippen LogP contribution in [0.5, 0.6) is 0 Å². The van der Waals surface area contributed by atoms with Crippen LogP contribution in [0.25, 0.3) is 0 Å². The van der Waals surface area contributed by atoms with Crippen LogP contribution in [-0.4, -0.2) is 18.7 Å². The molecule has 0 bridgehead atoms. The van der Waals surface area contributed by atoms with Crippen LogP contribution in [0.2, 0.25) is 0 Å². The summed E-state index contributed by atoms with van der Waals surface area (Å²) in [6.07, 6.45) is 9.13. The average Bonchev–Trinajstić information content (AvgIpc) is 2.55. The molecule has 1 saturated carbocycles. The minimum Gasteiger partial charge on any atom is -0.303 e. The van der Waals surface area contributed by atoms with E-state index in [0.717, 1.165) is 51.4 Å². The molecule has 1 aliphatic carbocycles. The summed E-state index contributed by atoms with van der Waals surface area (Å²) in [6, 6.07) is 0. The average molecular weight is 316 g/mol. The van der Waals surface area contributed by atoms with Crippen LogP contribution in [0.3, 0.4) is 0 Å². The minimum atomic E-state index is -3.54.